The lowest BCUT2D eigenvalue weighted by Gasteiger charge is -2.29. The number of hydrogen-bond acceptors (Lipinski definition) is 8. The van der Waals surface area contributed by atoms with Crippen LogP contribution in [0.25, 0.3) is 0 Å². The van der Waals surface area contributed by atoms with E-state index in [1.54, 1.807) is 23.1 Å². The van der Waals surface area contributed by atoms with E-state index in [-0.39, 0.29) is 41.4 Å². The van der Waals surface area contributed by atoms with Crippen LogP contribution < -0.4 is 25.2 Å². The van der Waals surface area contributed by atoms with Crippen molar-refractivity contribution in [2.45, 2.75) is 50.1 Å². The fourth-order valence-corrected chi connectivity index (χ4v) is 6.03. The lowest BCUT2D eigenvalue weighted by molar-refractivity contribution is -0.140. The Morgan fingerprint density at radius 2 is 1.86 bits per heavy atom. The average Bonchev–Trinajstić information content (AvgIpc) is 3.83. The molecule has 0 bridgehead atoms. The Hall–Kier alpha value is -4.32. The van der Waals surface area contributed by atoms with E-state index in [9.17, 15) is 9.59 Å². The van der Waals surface area contributed by atoms with Gasteiger partial charge in [-0.2, -0.15) is 13.8 Å². The van der Waals surface area contributed by atoms with Crippen molar-refractivity contribution in [3.05, 3.63) is 65.9 Å². The number of aromatic nitrogens is 2. The molecule has 2 fully saturated rings. The molecule has 2 unspecified atom stereocenters. The van der Waals surface area contributed by atoms with Gasteiger partial charge < -0.3 is 30.1 Å². The number of halogens is 2. The number of carbonyl (C=O) groups is 2. The Balaban J connectivity index is 1.27. The Morgan fingerprint density at radius 3 is 2.59 bits per heavy atom. The first-order chi connectivity index (χ1) is 21.1. The lowest BCUT2D eigenvalue weighted by atomic mass is 10.0. The number of likely N-dealkylation sites (tertiary alicyclic amines) is 1. The van der Waals surface area contributed by atoms with E-state index in [1.807, 2.05) is 37.3 Å². The topological polar surface area (TPSA) is 103 Å². The summed E-state index contributed by atoms with van der Waals surface area (Å²) >= 11 is 0. The largest absolute Gasteiger partial charge is 0.492 e. The molecule has 3 aliphatic rings. The molecule has 2 aromatic carbocycles. The molecular weight excluding hydrogens is 568 g/mol. The summed E-state index contributed by atoms with van der Waals surface area (Å²) in [6, 6.07) is 14.7. The van der Waals surface area contributed by atoms with Gasteiger partial charge in [0, 0.05) is 30.6 Å². The number of anilines is 4. The van der Waals surface area contributed by atoms with Crippen LogP contribution in [0.4, 0.5) is 31.9 Å². The molecule has 232 valence electrons. The van der Waals surface area contributed by atoms with Gasteiger partial charge in [0.15, 0.2) is 5.82 Å². The number of ether oxygens (including phenoxy) is 1. The molecule has 1 saturated heterocycles. The van der Waals surface area contributed by atoms with Crippen molar-refractivity contribution in [2.24, 2.45) is 0 Å². The van der Waals surface area contributed by atoms with E-state index >= 15 is 8.78 Å². The number of hydrogen-bond donors (Lipinski definition) is 2. The Bertz CT molecular complexity index is 1530. The van der Waals surface area contributed by atoms with Crippen LogP contribution in [0.5, 0.6) is 5.75 Å². The van der Waals surface area contributed by atoms with Gasteiger partial charge in [0.05, 0.1) is 25.0 Å². The second kappa shape index (κ2) is 12.0. The molecule has 12 heteroatoms. The maximum absolute atomic E-state index is 15.1. The van der Waals surface area contributed by atoms with Gasteiger partial charge >= 0.3 is 5.92 Å². The van der Waals surface area contributed by atoms with Crippen LogP contribution in [0, 0.1) is 0 Å². The predicted molar refractivity (Wildman–Crippen MR) is 164 cm³/mol. The third-order valence-corrected chi connectivity index (χ3v) is 8.60. The predicted octanol–water partition coefficient (Wildman–Crippen LogP) is 4.42. The van der Waals surface area contributed by atoms with Crippen molar-refractivity contribution in [2.75, 3.05) is 55.5 Å². The van der Waals surface area contributed by atoms with Crippen LogP contribution in [-0.2, 0) is 4.79 Å². The van der Waals surface area contributed by atoms with E-state index in [0.717, 1.165) is 36.4 Å². The number of fused-ring (bicyclic) bond motifs is 1. The molecule has 1 saturated carbocycles. The summed E-state index contributed by atoms with van der Waals surface area (Å²) < 4.78 is 36.2. The molecule has 2 aliphatic heterocycles. The molecule has 2 amide bonds. The Morgan fingerprint density at radius 1 is 1.11 bits per heavy atom. The molecule has 3 heterocycles. The van der Waals surface area contributed by atoms with Crippen molar-refractivity contribution < 1.29 is 23.1 Å². The first-order valence-corrected chi connectivity index (χ1v) is 15.0. The van der Waals surface area contributed by atoms with Gasteiger partial charge in [0.25, 0.3) is 11.8 Å². The standard InChI is InChI=1S/C32H37F2N7O3/c1-4-44-27-16-21(29(42)36-22-12-14-39(2)15-13-22)10-11-24(27)37-31-35-18-26-28(38-31)41(19-32(33,34)30(43)40(26)3)25-17-23(25)20-8-6-5-7-9-20/h5-11,16,18,22-23,25H,4,12-15,17,19H2,1-3H3,(H,36,42)(H,35,37,38). The highest BCUT2D eigenvalue weighted by Crippen LogP contribution is 2.49. The van der Waals surface area contributed by atoms with E-state index in [4.69, 9.17) is 4.74 Å². The van der Waals surface area contributed by atoms with E-state index in [1.165, 1.54) is 13.2 Å². The van der Waals surface area contributed by atoms with Crippen LogP contribution >= 0.6 is 0 Å². The summed E-state index contributed by atoms with van der Waals surface area (Å²) in [5.74, 6) is -4.18. The fourth-order valence-electron chi connectivity index (χ4n) is 6.03. The highest BCUT2D eigenvalue weighted by atomic mass is 19.3. The summed E-state index contributed by atoms with van der Waals surface area (Å²) in [5, 5.41) is 6.27. The van der Waals surface area contributed by atoms with Gasteiger partial charge in [-0.15, -0.1) is 0 Å². The third-order valence-electron chi connectivity index (χ3n) is 8.60. The van der Waals surface area contributed by atoms with Crippen molar-refractivity contribution in [3.8, 4) is 5.75 Å². The summed E-state index contributed by atoms with van der Waals surface area (Å²) in [6.45, 7) is 3.30. The molecule has 6 rings (SSSR count). The maximum atomic E-state index is 15.1. The molecule has 2 atom stereocenters. The molecule has 3 aromatic rings. The fraction of sp³-hybridized carbons (Fsp3) is 0.438. The zero-order valence-corrected chi connectivity index (χ0v) is 25.1. The first kappa shape index (κ1) is 29.7. The first-order valence-electron chi connectivity index (χ1n) is 15.0. The third kappa shape index (κ3) is 6.03. The minimum absolute atomic E-state index is 0.0440. The van der Waals surface area contributed by atoms with Crippen molar-refractivity contribution in [3.63, 3.8) is 0 Å². The average molecular weight is 606 g/mol. The van der Waals surface area contributed by atoms with E-state index < -0.39 is 18.4 Å². The van der Waals surface area contributed by atoms with Gasteiger partial charge in [0.2, 0.25) is 5.95 Å². The monoisotopic (exact) mass is 605 g/mol. The van der Waals surface area contributed by atoms with Crippen molar-refractivity contribution >= 4 is 35.0 Å². The van der Waals surface area contributed by atoms with Crippen LogP contribution in [0.2, 0.25) is 0 Å². The molecule has 0 radical (unpaired) electrons. The van der Waals surface area contributed by atoms with Gasteiger partial charge in [-0.25, -0.2) is 4.98 Å². The van der Waals surface area contributed by atoms with Gasteiger partial charge in [0.1, 0.15) is 11.4 Å². The molecule has 44 heavy (non-hydrogen) atoms. The SMILES string of the molecule is CCOc1cc(C(=O)NC2CCN(C)CC2)ccc1Nc1ncc2c(n1)N(C1CC1c1ccccc1)CC(F)(F)C(=O)N2C. The van der Waals surface area contributed by atoms with E-state index in [0.29, 0.717) is 30.0 Å². The molecular formula is C32H37F2N7O3. The van der Waals surface area contributed by atoms with E-state index in [2.05, 4.69) is 32.5 Å². The number of piperidine rings is 1. The number of rotatable bonds is 8. The molecule has 0 spiro atoms. The van der Waals surface area contributed by atoms with Crippen molar-refractivity contribution in [1.29, 1.82) is 0 Å². The summed E-state index contributed by atoms with van der Waals surface area (Å²) in [7, 11) is 3.39. The highest BCUT2D eigenvalue weighted by molar-refractivity contribution is 6.02. The van der Waals surface area contributed by atoms with Crippen LogP contribution in [0.15, 0.2) is 54.7 Å². The zero-order valence-electron chi connectivity index (χ0n) is 25.1. The normalized spacial score (nSPS) is 21.8. The van der Waals surface area contributed by atoms with Gasteiger partial charge in [-0.1, -0.05) is 30.3 Å². The lowest BCUT2D eigenvalue weighted by Crippen LogP contribution is -2.46. The van der Waals surface area contributed by atoms with Crippen molar-refractivity contribution in [1.82, 2.24) is 20.2 Å². The summed E-state index contributed by atoms with van der Waals surface area (Å²) in [5.41, 5.74) is 2.25. The Labute approximate surface area is 255 Å². The Kier molecular flexibility index (Phi) is 8.10. The molecule has 1 aliphatic carbocycles. The minimum Gasteiger partial charge on any atom is -0.492 e. The second-order valence-electron chi connectivity index (χ2n) is 11.7. The summed E-state index contributed by atoms with van der Waals surface area (Å²) in [4.78, 5) is 39.5. The number of amides is 2. The highest BCUT2D eigenvalue weighted by Gasteiger charge is 2.53. The zero-order chi connectivity index (χ0) is 31.0. The molecule has 10 nitrogen and oxygen atoms in total. The minimum atomic E-state index is -3.60. The second-order valence-corrected chi connectivity index (χ2v) is 11.7. The summed E-state index contributed by atoms with van der Waals surface area (Å²) in [6.07, 6.45) is 3.85. The van der Waals surface area contributed by atoms with Crippen LogP contribution in [-0.4, -0.2) is 85.0 Å². The quantitative estimate of drug-likeness (QED) is 0.389. The number of benzene rings is 2. The number of nitrogens with one attached hydrogen (secondary N) is 2. The number of alkyl halides is 2. The van der Waals surface area contributed by atoms with Crippen LogP contribution in [0.3, 0.4) is 0 Å². The number of carbonyl (C=O) groups excluding carboxylic acids is 2. The molecule has 1 aromatic heterocycles. The number of nitrogens with zero attached hydrogens (tertiary/aromatic N) is 5. The van der Waals surface area contributed by atoms with Gasteiger partial charge in [-0.05, 0) is 70.1 Å². The van der Waals surface area contributed by atoms with Crippen LogP contribution in [0.1, 0.15) is 48.0 Å². The smallest absolute Gasteiger partial charge is 0.342 e. The molecule has 2 N–H and O–H groups in total. The van der Waals surface area contributed by atoms with Gasteiger partial charge in [-0.3, -0.25) is 9.59 Å². The maximum Gasteiger partial charge on any atom is 0.342 e.